The Kier molecular flexibility index (Phi) is 2.88. The molecule has 2 heterocycles. The molecule has 0 fully saturated rings. The summed E-state index contributed by atoms with van der Waals surface area (Å²) in [6.07, 6.45) is 1.58. The summed E-state index contributed by atoms with van der Waals surface area (Å²) in [6.45, 7) is 2.15. The molecule has 0 aliphatic heterocycles. The monoisotopic (exact) mass is 241 g/mol. The zero-order valence-electron chi connectivity index (χ0n) is 7.99. The Bertz CT molecular complexity index is 509. The molecule has 0 aliphatic carbocycles. The molecule has 15 heavy (non-hydrogen) atoms. The molecule has 0 spiro atoms. The highest BCUT2D eigenvalue weighted by molar-refractivity contribution is 7.18. The van der Waals surface area contributed by atoms with Crippen molar-refractivity contribution in [2.45, 2.75) is 6.92 Å². The third kappa shape index (κ3) is 1.82. The second-order valence-corrected chi connectivity index (χ2v) is 4.09. The average Bonchev–Trinajstić information content (AvgIpc) is 2.63. The summed E-state index contributed by atoms with van der Waals surface area (Å²) < 4.78 is 5.76. The number of hydrogen-bond donors (Lipinski definition) is 0. The SMILES string of the molecule is CCOC(=O)c1csc2c(Cl)nccc12. The Hall–Kier alpha value is -1.13. The first kappa shape index (κ1) is 10.4. The molecule has 0 radical (unpaired) electrons. The van der Waals surface area contributed by atoms with Gasteiger partial charge >= 0.3 is 5.97 Å². The minimum Gasteiger partial charge on any atom is -0.462 e. The van der Waals surface area contributed by atoms with E-state index in [9.17, 15) is 4.79 Å². The van der Waals surface area contributed by atoms with Crippen LogP contribution in [0.15, 0.2) is 17.6 Å². The molecule has 0 atom stereocenters. The first-order chi connectivity index (χ1) is 7.24. The zero-order valence-corrected chi connectivity index (χ0v) is 9.56. The van der Waals surface area contributed by atoms with Gasteiger partial charge in [0.2, 0.25) is 0 Å². The summed E-state index contributed by atoms with van der Waals surface area (Å²) in [7, 11) is 0. The molecule has 2 aromatic rings. The molecule has 5 heteroatoms. The summed E-state index contributed by atoms with van der Waals surface area (Å²) >= 11 is 7.30. The quantitative estimate of drug-likeness (QED) is 0.599. The van der Waals surface area contributed by atoms with Gasteiger partial charge in [-0.1, -0.05) is 11.6 Å². The van der Waals surface area contributed by atoms with Gasteiger partial charge in [0.1, 0.15) is 5.15 Å². The number of halogens is 1. The van der Waals surface area contributed by atoms with Crippen LogP contribution in [-0.2, 0) is 4.74 Å². The minimum atomic E-state index is -0.314. The van der Waals surface area contributed by atoms with Crippen LogP contribution in [0.5, 0.6) is 0 Å². The van der Waals surface area contributed by atoms with Gasteiger partial charge in [0.05, 0.1) is 16.9 Å². The third-order valence-electron chi connectivity index (χ3n) is 1.94. The molecule has 0 amide bonds. The Morgan fingerprint density at radius 1 is 1.67 bits per heavy atom. The van der Waals surface area contributed by atoms with Gasteiger partial charge in [-0.15, -0.1) is 11.3 Å². The fourth-order valence-electron chi connectivity index (χ4n) is 1.30. The van der Waals surface area contributed by atoms with Crippen molar-refractivity contribution in [2.24, 2.45) is 0 Å². The molecule has 3 nitrogen and oxygen atoms in total. The lowest BCUT2D eigenvalue weighted by Crippen LogP contribution is -2.03. The standard InChI is InChI=1S/C10H8ClNO2S/c1-2-14-10(13)7-5-15-8-6(7)3-4-12-9(8)11/h3-5H,2H2,1H3. The number of thiophene rings is 1. The number of carbonyl (C=O) groups excluding carboxylic acids is 1. The number of hydrogen-bond acceptors (Lipinski definition) is 4. The van der Waals surface area contributed by atoms with Gasteiger partial charge in [-0.2, -0.15) is 0 Å². The summed E-state index contributed by atoms with van der Waals surface area (Å²) in [6, 6.07) is 1.77. The van der Waals surface area contributed by atoms with E-state index in [1.807, 2.05) is 0 Å². The Balaban J connectivity index is 2.54. The van der Waals surface area contributed by atoms with E-state index in [0.29, 0.717) is 17.3 Å². The third-order valence-corrected chi connectivity index (χ3v) is 3.34. The molecule has 0 aliphatic rings. The lowest BCUT2D eigenvalue weighted by molar-refractivity contribution is 0.0529. The molecule has 0 aromatic carbocycles. The van der Waals surface area contributed by atoms with Crippen LogP contribution in [0.25, 0.3) is 10.1 Å². The predicted octanol–water partition coefficient (Wildman–Crippen LogP) is 3.13. The molecule has 0 N–H and O–H groups in total. The smallest absolute Gasteiger partial charge is 0.339 e. The second-order valence-electron chi connectivity index (χ2n) is 2.85. The van der Waals surface area contributed by atoms with E-state index in [2.05, 4.69) is 4.98 Å². The number of carbonyl (C=O) groups is 1. The van der Waals surface area contributed by atoms with E-state index in [-0.39, 0.29) is 5.97 Å². The van der Waals surface area contributed by atoms with Gasteiger partial charge in [-0.3, -0.25) is 0 Å². The van der Waals surface area contributed by atoms with E-state index in [0.717, 1.165) is 10.1 Å². The number of nitrogens with zero attached hydrogens (tertiary/aromatic N) is 1. The van der Waals surface area contributed by atoms with Gasteiger partial charge in [-0.05, 0) is 13.0 Å². The van der Waals surface area contributed by atoms with Crippen molar-refractivity contribution in [1.29, 1.82) is 0 Å². The second kappa shape index (κ2) is 4.16. The van der Waals surface area contributed by atoms with Crippen LogP contribution in [0, 0.1) is 0 Å². The van der Waals surface area contributed by atoms with Crippen LogP contribution in [-0.4, -0.2) is 17.6 Å². The van der Waals surface area contributed by atoms with Gasteiger partial charge in [0.25, 0.3) is 0 Å². The van der Waals surface area contributed by atoms with Gasteiger partial charge in [0, 0.05) is 17.0 Å². The van der Waals surface area contributed by atoms with Crippen LogP contribution in [0.3, 0.4) is 0 Å². The largest absolute Gasteiger partial charge is 0.462 e. The number of esters is 1. The molecule has 0 bridgehead atoms. The van der Waals surface area contributed by atoms with Crippen molar-refractivity contribution < 1.29 is 9.53 Å². The number of pyridine rings is 1. The fraction of sp³-hybridized carbons (Fsp3) is 0.200. The van der Waals surface area contributed by atoms with E-state index >= 15 is 0 Å². The Morgan fingerprint density at radius 3 is 3.20 bits per heavy atom. The Labute approximate surface area is 95.6 Å². The van der Waals surface area contributed by atoms with Gasteiger partial charge < -0.3 is 4.74 Å². The van der Waals surface area contributed by atoms with E-state index < -0.39 is 0 Å². The van der Waals surface area contributed by atoms with Gasteiger partial charge in [-0.25, -0.2) is 9.78 Å². The lowest BCUT2D eigenvalue weighted by Gasteiger charge is -1.99. The predicted molar refractivity (Wildman–Crippen MR) is 60.6 cm³/mol. The van der Waals surface area contributed by atoms with E-state index in [1.54, 1.807) is 24.6 Å². The minimum absolute atomic E-state index is 0.314. The maximum atomic E-state index is 11.6. The van der Waals surface area contributed by atoms with Crippen molar-refractivity contribution in [2.75, 3.05) is 6.61 Å². The van der Waals surface area contributed by atoms with Crippen molar-refractivity contribution >= 4 is 39.0 Å². The van der Waals surface area contributed by atoms with Crippen molar-refractivity contribution in [3.05, 3.63) is 28.4 Å². The van der Waals surface area contributed by atoms with Gasteiger partial charge in [0.15, 0.2) is 0 Å². The number of ether oxygens (including phenoxy) is 1. The molecule has 2 aromatic heterocycles. The highest BCUT2D eigenvalue weighted by atomic mass is 35.5. The van der Waals surface area contributed by atoms with Crippen LogP contribution in [0.4, 0.5) is 0 Å². The first-order valence-corrected chi connectivity index (χ1v) is 5.68. The van der Waals surface area contributed by atoms with Crippen LogP contribution in [0.2, 0.25) is 5.15 Å². The molecule has 0 saturated carbocycles. The van der Waals surface area contributed by atoms with Crippen LogP contribution < -0.4 is 0 Å². The van der Waals surface area contributed by atoms with Crippen molar-refractivity contribution in [3.8, 4) is 0 Å². The molecule has 78 valence electrons. The van der Waals surface area contributed by atoms with Crippen LogP contribution >= 0.6 is 22.9 Å². The normalized spacial score (nSPS) is 10.5. The van der Waals surface area contributed by atoms with E-state index in [4.69, 9.17) is 16.3 Å². The summed E-state index contributed by atoms with van der Waals surface area (Å²) in [5.74, 6) is -0.314. The van der Waals surface area contributed by atoms with Crippen LogP contribution in [0.1, 0.15) is 17.3 Å². The zero-order chi connectivity index (χ0) is 10.8. The van der Waals surface area contributed by atoms with E-state index in [1.165, 1.54) is 11.3 Å². The summed E-state index contributed by atoms with van der Waals surface area (Å²) in [5.41, 5.74) is 0.557. The molecule has 2 rings (SSSR count). The fourth-order valence-corrected chi connectivity index (χ4v) is 2.50. The molecular weight excluding hydrogens is 234 g/mol. The first-order valence-electron chi connectivity index (χ1n) is 4.43. The number of fused-ring (bicyclic) bond motifs is 1. The topological polar surface area (TPSA) is 39.2 Å². The molecule has 0 saturated heterocycles. The highest BCUT2D eigenvalue weighted by Crippen LogP contribution is 2.30. The maximum Gasteiger partial charge on any atom is 0.339 e. The highest BCUT2D eigenvalue weighted by Gasteiger charge is 2.14. The lowest BCUT2D eigenvalue weighted by atomic mass is 10.2. The molecule has 0 unspecified atom stereocenters. The summed E-state index contributed by atoms with van der Waals surface area (Å²) in [5, 5.41) is 2.97. The number of aromatic nitrogens is 1. The average molecular weight is 242 g/mol. The Morgan fingerprint density at radius 2 is 2.47 bits per heavy atom. The number of rotatable bonds is 2. The maximum absolute atomic E-state index is 11.6. The van der Waals surface area contributed by atoms with Crippen molar-refractivity contribution in [3.63, 3.8) is 0 Å². The summed E-state index contributed by atoms with van der Waals surface area (Å²) in [4.78, 5) is 15.5. The van der Waals surface area contributed by atoms with Crippen molar-refractivity contribution in [1.82, 2.24) is 4.98 Å². The molecular formula is C10H8ClNO2S.